The van der Waals surface area contributed by atoms with E-state index in [-0.39, 0.29) is 12.5 Å². The molecule has 21 heavy (non-hydrogen) atoms. The second-order valence-corrected chi connectivity index (χ2v) is 6.41. The number of carbonyl (C=O) groups is 1. The number of nitrogens with one attached hydrogen (secondary N) is 1. The molecule has 6 heteroatoms. The molecule has 2 rings (SSSR count). The fraction of sp³-hybridized carbons (Fsp3) is 0.333. The van der Waals surface area contributed by atoms with E-state index in [1.807, 2.05) is 26.8 Å². The predicted molar refractivity (Wildman–Crippen MR) is 85.1 cm³/mol. The van der Waals surface area contributed by atoms with E-state index in [9.17, 15) is 4.79 Å². The van der Waals surface area contributed by atoms with E-state index in [1.165, 1.54) is 0 Å². The standard InChI is InChI=1S/C15H17ClN2O2S/c1-9-6-12(4-5-13(9)16)20-8-15(19)17-7-14-10(2)18-11(3)21-14/h4-6H,7-8H2,1-3H3,(H,17,19). The maximum absolute atomic E-state index is 11.8. The Bertz CT molecular complexity index is 655. The molecule has 0 aliphatic rings. The minimum atomic E-state index is -0.159. The van der Waals surface area contributed by atoms with Crippen LogP contribution < -0.4 is 10.1 Å². The Hall–Kier alpha value is -1.59. The number of rotatable bonds is 5. The molecule has 2 aromatic rings. The summed E-state index contributed by atoms with van der Waals surface area (Å²) in [4.78, 5) is 17.2. The summed E-state index contributed by atoms with van der Waals surface area (Å²) in [5.41, 5.74) is 1.89. The van der Waals surface area contributed by atoms with Gasteiger partial charge in [-0.25, -0.2) is 4.98 Å². The number of ether oxygens (including phenoxy) is 1. The highest BCUT2D eigenvalue weighted by Gasteiger charge is 2.08. The third kappa shape index (κ3) is 4.44. The second-order valence-electron chi connectivity index (χ2n) is 4.72. The molecule has 1 aromatic carbocycles. The third-order valence-corrected chi connectivity index (χ3v) is 4.44. The van der Waals surface area contributed by atoms with Gasteiger partial charge in [0.05, 0.1) is 17.2 Å². The van der Waals surface area contributed by atoms with Gasteiger partial charge in [-0.05, 0) is 44.5 Å². The van der Waals surface area contributed by atoms with Crippen LogP contribution in [0.25, 0.3) is 0 Å². The fourth-order valence-corrected chi connectivity index (χ4v) is 2.82. The van der Waals surface area contributed by atoms with Gasteiger partial charge in [-0.15, -0.1) is 11.3 Å². The first-order chi connectivity index (χ1) is 9.95. The van der Waals surface area contributed by atoms with Gasteiger partial charge in [-0.3, -0.25) is 4.79 Å². The highest BCUT2D eigenvalue weighted by Crippen LogP contribution is 2.21. The first-order valence-electron chi connectivity index (χ1n) is 6.54. The van der Waals surface area contributed by atoms with Crippen molar-refractivity contribution in [2.75, 3.05) is 6.61 Å². The Balaban J connectivity index is 1.82. The number of halogens is 1. The minimum Gasteiger partial charge on any atom is -0.484 e. The van der Waals surface area contributed by atoms with Gasteiger partial charge in [0.1, 0.15) is 5.75 Å². The van der Waals surface area contributed by atoms with Crippen molar-refractivity contribution in [3.05, 3.63) is 44.4 Å². The molecule has 1 aromatic heterocycles. The highest BCUT2D eigenvalue weighted by molar-refractivity contribution is 7.11. The van der Waals surface area contributed by atoms with Gasteiger partial charge in [0.2, 0.25) is 0 Å². The van der Waals surface area contributed by atoms with Crippen molar-refractivity contribution in [1.29, 1.82) is 0 Å². The number of thiazole rings is 1. The van der Waals surface area contributed by atoms with Gasteiger partial charge < -0.3 is 10.1 Å². The van der Waals surface area contributed by atoms with Crippen molar-refractivity contribution < 1.29 is 9.53 Å². The van der Waals surface area contributed by atoms with E-state index < -0.39 is 0 Å². The van der Waals surface area contributed by atoms with E-state index in [0.29, 0.717) is 17.3 Å². The molecule has 0 radical (unpaired) electrons. The maximum Gasteiger partial charge on any atom is 0.258 e. The van der Waals surface area contributed by atoms with Crippen LogP contribution in [0, 0.1) is 20.8 Å². The number of carbonyl (C=O) groups excluding carboxylic acids is 1. The molecule has 1 heterocycles. The Kier molecular flexibility index (Phi) is 5.20. The summed E-state index contributed by atoms with van der Waals surface area (Å²) in [5.74, 6) is 0.477. The van der Waals surface area contributed by atoms with E-state index in [4.69, 9.17) is 16.3 Å². The van der Waals surface area contributed by atoms with Gasteiger partial charge in [0, 0.05) is 9.90 Å². The normalized spacial score (nSPS) is 10.5. The van der Waals surface area contributed by atoms with Crippen molar-refractivity contribution in [2.24, 2.45) is 0 Å². The molecule has 4 nitrogen and oxygen atoms in total. The van der Waals surface area contributed by atoms with Crippen LogP contribution in [0.15, 0.2) is 18.2 Å². The number of benzene rings is 1. The lowest BCUT2D eigenvalue weighted by Crippen LogP contribution is -2.28. The molecule has 0 spiro atoms. The molecular weight excluding hydrogens is 308 g/mol. The van der Waals surface area contributed by atoms with Crippen LogP contribution >= 0.6 is 22.9 Å². The Morgan fingerprint density at radius 1 is 1.38 bits per heavy atom. The fourth-order valence-electron chi connectivity index (χ4n) is 1.82. The monoisotopic (exact) mass is 324 g/mol. The minimum absolute atomic E-state index is 0.0160. The molecule has 112 valence electrons. The van der Waals surface area contributed by atoms with E-state index in [0.717, 1.165) is 21.1 Å². The van der Waals surface area contributed by atoms with E-state index in [2.05, 4.69) is 10.3 Å². The lowest BCUT2D eigenvalue weighted by atomic mass is 10.2. The number of hydrogen-bond donors (Lipinski definition) is 1. The number of amides is 1. The van der Waals surface area contributed by atoms with Crippen molar-refractivity contribution in [3.8, 4) is 5.75 Å². The molecule has 0 saturated carbocycles. The first-order valence-corrected chi connectivity index (χ1v) is 7.73. The highest BCUT2D eigenvalue weighted by atomic mass is 35.5. The van der Waals surface area contributed by atoms with E-state index in [1.54, 1.807) is 23.5 Å². The molecule has 0 fully saturated rings. The molecule has 0 saturated heterocycles. The van der Waals surface area contributed by atoms with E-state index >= 15 is 0 Å². The largest absolute Gasteiger partial charge is 0.484 e. The van der Waals surface area contributed by atoms with Gasteiger partial charge >= 0.3 is 0 Å². The maximum atomic E-state index is 11.8. The molecule has 0 atom stereocenters. The predicted octanol–water partition coefficient (Wildman–Crippen LogP) is 3.42. The van der Waals surface area contributed by atoms with Gasteiger partial charge in [0.25, 0.3) is 5.91 Å². The molecule has 0 aliphatic carbocycles. The molecule has 0 bridgehead atoms. The molecule has 0 aliphatic heterocycles. The second kappa shape index (κ2) is 6.91. The Morgan fingerprint density at radius 3 is 2.76 bits per heavy atom. The van der Waals surface area contributed by atoms with Crippen LogP contribution in [0.3, 0.4) is 0 Å². The average molecular weight is 325 g/mol. The van der Waals surface area contributed by atoms with Crippen LogP contribution in [-0.2, 0) is 11.3 Å². The van der Waals surface area contributed by atoms with Crippen LogP contribution in [0.1, 0.15) is 21.1 Å². The average Bonchev–Trinajstić information content (AvgIpc) is 2.76. The topological polar surface area (TPSA) is 51.2 Å². The van der Waals surface area contributed by atoms with Crippen molar-refractivity contribution in [1.82, 2.24) is 10.3 Å². The zero-order valence-electron chi connectivity index (χ0n) is 12.2. The Morgan fingerprint density at radius 2 is 2.14 bits per heavy atom. The molecule has 1 N–H and O–H groups in total. The summed E-state index contributed by atoms with van der Waals surface area (Å²) in [6, 6.07) is 5.32. The summed E-state index contributed by atoms with van der Waals surface area (Å²) in [6.07, 6.45) is 0. The van der Waals surface area contributed by atoms with Gasteiger partial charge in [-0.2, -0.15) is 0 Å². The molecular formula is C15H17ClN2O2S. The van der Waals surface area contributed by atoms with Gasteiger partial charge in [-0.1, -0.05) is 11.6 Å². The van der Waals surface area contributed by atoms with Gasteiger partial charge in [0.15, 0.2) is 6.61 Å². The summed E-state index contributed by atoms with van der Waals surface area (Å²) in [5, 5.41) is 4.52. The summed E-state index contributed by atoms with van der Waals surface area (Å²) >= 11 is 7.53. The quantitative estimate of drug-likeness (QED) is 0.917. The summed E-state index contributed by atoms with van der Waals surface area (Å²) in [7, 11) is 0. The number of hydrogen-bond acceptors (Lipinski definition) is 4. The van der Waals surface area contributed by atoms with Crippen molar-refractivity contribution in [2.45, 2.75) is 27.3 Å². The van der Waals surface area contributed by atoms with Crippen LogP contribution in [0.4, 0.5) is 0 Å². The Labute approximate surface area is 133 Å². The lowest BCUT2D eigenvalue weighted by Gasteiger charge is -2.08. The molecule has 0 unspecified atom stereocenters. The smallest absolute Gasteiger partial charge is 0.258 e. The third-order valence-electron chi connectivity index (χ3n) is 2.95. The number of aromatic nitrogens is 1. The number of aryl methyl sites for hydroxylation is 3. The van der Waals surface area contributed by atoms with Crippen LogP contribution in [0.2, 0.25) is 5.02 Å². The summed E-state index contributed by atoms with van der Waals surface area (Å²) in [6.45, 7) is 6.26. The van der Waals surface area contributed by atoms with Crippen molar-refractivity contribution in [3.63, 3.8) is 0 Å². The zero-order chi connectivity index (χ0) is 15.4. The van der Waals surface area contributed by atoms with Crippen LogP contribution in [0.5, 0.6) is 5.75 Å². The SMILES string of the molecule is Cc1nc(C)c(CNC(=O)COc2ccc(Cl)c(C)c2)s1. The number of nitrogens with zero attached hydrogens (tertiary/aromatic N) is 1. The molecule has 1 amide bonds. The lowest BCUT2D eigenvalue weighted by molar-refractivity contribution is -0.123. The van der Waals surface area contributed by atoms with Crippen molar-refractivity contribution >= 4 is 28.8 Å². The summed E-state index contributed by atoms with van der Waals surface area (Å²) < 4.78 is 5.44. The zero-order valence-corrected chi connectivity index (χ0v) is 13.8. The first kappa shape index (κ1) is 15.8. The van der Waals surface area contributed by atoms with Crippen LogP contribution in [-0.4, -0.2) is 17.5 Å².